The van der Waals surface area contributed by atoms with Gasteiger partial charge in [-0.2, -0.15) is 11.8 Å². The van der Waals surface area contributed by atoms with Crippen molar-refractivity contribution in [1.82, 2.24) is 20.2 Å². The number of carbonyl (C=O) groups is 1. The second kappa shape index (κ2) is 11.9. The fraction of sp³-hybridized carbons (Fsp3) is 0.375. The van der Waals surface area contributed by atoms with Crippen molar-refractivity contribution in [1.29, 1.82) is 0 Å². The van der Waals surface area contributed by atoms with Crippen LogP contribution in [0.2, 0.25) is 0 Å². The van der Waals surface area contributed by atoms with Crippen LogP contribution in [-0.4, -0.2) is 65.8 Å². The van der Waals surface area contributed by atoms with E-state index in [9.17, 15) is 9.59 Å². The molecule has 0 saturated carbocycles. The van der Waals surface area contributed by atoms with Gasteiger partial charge in [0.2, 0.25) is 0 Å². The lowest BCUT2D eigenvalue weighted by Crippen LogP contribution is -2.48. The first-order chi connectivity index (χ1) is 15.7. The molecule has 7 nitrogen and oxygen atoms in total. The number of halogens is 2. The van der Waals surface area contributed by atoms with Gasteiger partial charge in [0.05, 0.1) is 0 Å². The van der Waals surface area contributed by atoms with Crippen molar-refractivity contribution < 1.29 is 4.79 Å². The lowest BCUT2D eigenvalue weighted by atomic mass is 9.99. The molecule has 4 heterocycles. The van der Waals surface area contributed by atoms with Crippen molar-refractivity contribution >= 4 is 59.1 Å². The first kappa shape index (κ1) is 26.3. The minimum atomic E-state index is -0.0625. The van der Waals surface area contributed by atoms with Crippen molar-refractivity contribution in [3.05, 3.63) is 69.8 Å². The average molecular weight is 523 g/mol. The molecule has 0 spiro atoms. The van der Waals surface area contributed by atoms with Crippen LogP contribution < -0.4 is 15.8 Å². The van der Waals surface area contributed by atoms with Crippen molar-refractivity contribution in [2.75, 3.05) is 49.9 Å². The number of aromatic nitrogens is 2. The number of aromatic amines is 1. The normalized spacial score (nSPS) is 15.7. The summed E-state index contributed by atoms with van der Waals surface area (Å²) >= 11 is 1.78. The first-order valence-corrected chi connectivity index (χ1v) is 12.3. The van der Waals surface area contributed by atoms with Crippen molar-refractivity contribution in [3.63, 3.8) is 0 Å². The highest BCUT2D eigenvalue weighted by Crippen LogP contribution is 2.28. The molecule has 3 aromatic rings. The maximum Gasteiger partial charge on any atom is 0.252 e. The van der Waals surface area contributed by atoms with Crippen LogP contribution in [0.5, 0.6) is 0 Å². The van der Waals surface area contributed by atoms with E-state index < -0.39 is 0 Å². The Kier molecular flexibility index (Phi) is 9.24. The smallest absolute Gasteiger partial charge is 0.252 e. The third-order valence-electron chi connectivity index (χ3n) is 6.35. The molecule has 1 fully saturated rings. The number of rotatable bonds is 5. The van der Waals surface area contributed by atoms with Gasteiger partial charge in [0.25, 0.3) is 11.5 Å². The molecule has 182 valence electrons. The van der Waals surface area contributed by atoms with Crippen LogP contribution in [-0.2, 0) is 12.2 Å². The Morgan fingerprint density at radius 2 is 1.82 bits per heavy atom. The molecule has 0 aliphatic carbocycles. The molecule has 1 aromatic carbocycles. The predicted octanol–water partition coefficient (Wildman–Crippen LogP) is 3.11. The van der Waals surface area contributed by atoms with E-state index in [0.717, 1.165) is 72.7 Å². The highest BCUT2D eigenvalue weighted by molar-refractivity contribution is 7.98. The SMILES string of the molecule is Cl.Cl.O=C(NCCN1CCN(c2ccncc2)CC1)c1ccc2[nH]c(=O)c3c(c2c1)CCSC3. The fourth-order valence-corrected chi connectivity index (χ4v) is 5.54. The van der Waals surface area contributed by atoms with Gasteiger partial charge in [-0.15, -0.1) is 24.8 Å². The van der Waals surface area contributed by atoms with Gasteiger partial charge in [0, 0.05) is 85.1 Å². The van der Waals surface area contributed by atoms with Crippen molar-refractivity contribution in [3.8, 4) is 0 Å². The summed E-state index contributed by atoms with van der Waals surface area (Å²) in [6.45, 7) is 5.36. The number of hydrogen-bond acceptors (Lipinski definition) is 6. The molecule has 34 heavy (non-hydrogen) atoms. The van der Waals surface area contributed by atoms with E-state index in [0.29, 0.717) is 12.1 Å². The van der Waals surface area contributed by atoms with E-state index in [-0.39, 0.29) is 36.3 Å². The molecule has 0 atom stereocenters. The summed E-state index contributed by atoms with van der Waals surface area (Å²) in [4.78, 5) is 36.9. The number of carbonyl (C=O) groups excluding carboxylic acids is 1. The summed E-state index contributed by atoms with van der Waals surface area (Å²) in [6.07, 6.45) is 4.53. The van der Waals surface area contributed by atoms with Gasteiger partial charge in [0.15, 0.2) is 0 Å². The maximum atomic E-state index is 12.8. The molecule has 1 saturated heterocycles. The summed E-state index contributed by atoms with van der Waals surface area (Å²) in [5.41, 5.74) is 4.63. The van der Waals surface area contributed by atoms with Gasteiger partial charge in [-0.05, 0) is 48.1 Å². The number of aryl methyl sites for hydroxylation is 1. The van der Waals surface area contributed by atoms with Crippen LogP contribution in [0.3, 0.4) is 0 Å². The second-order valence-electron chi connectivity index (χ2n) is 8.26. The molecule has 2 aliphatic heterocycles. The zero-order valence-corrected chi connectivity index (χ0v) is 21.2. The van der Waals surface area contributed by atoms with Gasteiger partial charge in [-0.25, -0.2) is 0 Å². The van der Waals surface area contributed by atoms with E-state index in [1.165, 1.54) is 5.69 Å². The number of nitrogens with zero attached hydrogens (tertiary/aromatic N) is 3. The maximum absolute atomic E-state index is 12.8. The zero-order valence-electron chi connectivity index (χ0n) is 18.8. The van der Waals surface area contributed by atoms with Gasteiger partial charge < -0.3 is 15.2 Å². The van der Waals surface area contributed by atoms with Gasteiger partial charge in [-0.3, -0.25) is 19.5 Å². The largest absolute Gasteiger partial charge is 0.369 e. The van der Waals surface area contributed by atoms with E-state index in [2.05, 4.69) is 25.1 Å². The molecule has 0 unspecified atom stereocenters. The van der Waals surface area contributed by atoms with Gasteiger partial charge >= 0.3 is 0 Å². The van der Waals surface area contributed by atoms with Crippen LogP contribution in [0.4, 0.5) is 5.69 Å². The molecule has 1 amide bonds. The number of fused-ring (bicyclic) bond motifs is 3. The molecule has 0 bridgehead atoms. The Bertz CT molecular complexity index is 1180. The van der Waals surface area contributed by atoms with Crippen LogP contribution in [0.15, 0.2) is 47.5 Å². The number of benzene rings is 1. The molecule has 5 rings (SSSR count). The topological polar surface area (TPSA) is 81.3 Å². The number of piperazine rings is 1. The molecule has 0 radical (unpaired) electrons. The fourth-order valence-electron chi connectivity index (χ4n) is 4.54. The second-order valence-corrected chi connectivity index (χ2v) is 9.37. The highest BCUT2D eigenvalue weighted by Gasteiger charge is 2.19. The van der Waals surface area contributed by atoms with Crippen LogP contribution in [0.25, 0.3) is 10.9 Å². The van der Waals surface area contributed by atoms with Crippen molar-refractivity contribution in [2.24, 2.45) is 0 Å². The highest BCUT2D eigenvalue weighted by atomic mass is 35.5. The van der Waals surface area contributed by atoms with Gasteiger partial charge in [-0.1, -0.05) is 0 Å². The van der Waals surface area contributed by atoms with E-state index >= 15 is 0 Å². The van der Waals surface area contributed by atoms with Crippen LogP contribution in [0, 0.1) is 0 Å². The van der Waals surface area contributed by atoms with Gasteiger partial charge in [0.1, 0.15) is 0 Å². The van der Waals surface area contributed by atoms with E-state index in [4.69, 9.17) is 0 Å². The standard InChI is InChI=1S/C24H27N5O2S.2ClH/c30-23(26-8-9-28-10-12-29(13-11-28)18-3-6-25-7-4-18)17-1-2-22-20(15-17)19-5-14-32-16-21(19)24(31)27-22;;/h1-4,6-7,15H,5,8-14,16H2,(H,26,30)(H,27,31);2*1H. The molecule has 10 heteroatoms. The number of thioether (sulfide) groups is 1. The molecule has 2 aliphatic rings. The van der Waals surface area contributed by atoms with E-state index in [1.807, 2.05) is 36.7 Å². The van der Waals surface area contributed by atoms with Crippen molar-refractivity contribution in [2.45, 2.75) is 12.2 Å². The summed E-state index contributed by atoms with van der Waals surface area (Å²) < 4.78 is 0. The Hall–Kier alpha value is -2.26. The predicted molar refractivity (Wildman–Crippen MR) is 144 cm³/mol. The number of H-pyrrole nitrogens is 1. The Balaban J connectivity index is 0.00000162. The summed E-state index contributed by atoms with van der Waals surface area (Å²) in [7, 11) is 0. The molecule has 2 aromatic heterocycles. The molecular formula is C24H29Cl2N5O2S. The number of nitrogens with one attached hydrogen (secondary N) is 2. The lowest BCUT2D eigenvalue weighted by Gasteiger charge is -2.36. The minimum Gasteiger partial charge on any atom is -0.369 e. The Labute approximate surface area is 215 Å². The minimum absolute atomic E-state index is 0. The molecular weight excluding hydrogens is 493 g/mol. The first-order valence-electron chi connectivity index (χ1n) is 11.1. The Morgan fingerprint density at radius 1 is 1.06 bits per heavy atom. The third kappa shape index (κ3) is 5.68. The Morgan fingerprint density at radius 3 is 2.59 bits per heavy atom. The van der Waals surface area contributed by atoms with E-state index in [1.54, 1.807) is 17.8 Å². The quantitative estimate of drug-likeness (QED) is 0.536. The van der Waals surface area contributed by atoms with Crippen LogP contribution in [0.1, 0.15) is 21.5 Å². The monoisotopic (exact) mass is 521 g/mol. The average Bonchev–Trinajstić information content (AvgIpc) is 2.85. The number of pyridine rings is 2. The zero-order chi connectivity index (χ0) is 21.9. The number of amides is 1. The summed E-state index contributed by atoms with van der Waals surface area (Å²) in [6, 6.07) is 9.68. The third-order valence-corrected chi connectivity index (χ3v) is 7.34. The van der Waals surface area contributed by atoms with Crippen LogP contribution >= 0.6 is 36.6 Å². The summed E-state index contributed by atoms with van der Waals surface area (Å²) in [5.74, 6) is 1.69. The number of hydrogen-bond donors (Lipinski definition) is 2. The summed E-state index contributed by atoms with van der Waals surface area (Å²) in [5, 5.41) is 4.07. The molecule has 2 N–H and O–H groups in total. The number of anilines is 1. The lowest BCUT2D eigenvalue weighted by molar-refractivity contribution is 0.0948.